The molecule has 0 heterocycles. The van der Waals surface area contributed by atoms with Gasteiger partial charge in [0, 0.05) is 5.69 Å². The fraction of sp³-hybridized carbons (Fsp3) is 0.235. The maximum absolute atomic E-state index is 12.3. The highest BCUT2D eigenvalue weighted by molar-refractivity contribution is 5.99. The molecular weight excluding hydrogens is 248 g/mol. The number of amides is 1. The molecule has 3 nitrogen and oxygen atoms in total. The summed E-state index contributed by atoms with van der Waals surface area (Å²) in [5.41, 5.74) is 10.3. The van der Waals surface area contributed by atoms with Crippen molar-refractivity contribution in [1.82, 2.24) is 5.32 Å². The molecule has 104 valence electrons. The van der Waals surface area contributed by atoms with E-state index < -0.39 is 0 Å². The number of nitrogen functional groups attached to an aromatic ring is 1. The van der Waals surface area contributed by atoms with Crippen molar-refractivity contribution in [3.63, 3.8) is 0 Å². The van der Waals surface area contributed by atoms with Crippen molar-refractivity contribution < 1.29 is 4.79 Å². The van der Waals surface area contributed by atoms with E-state index in [0.717, 1.165) is 16.7 Å². The van der Waals surface area contributed by atoms with Crippen LogP contribution >= 0.6 is 0 Å². The smallest absolute Gasteiger partial charge is 0.253 e. The second-order valence-corrected chi connectivity index (χ2v) is 5.14. The SMILES string of the molecule is Cc1ccc(C(=O)NC(C)c2ccccc2C)c(N)c1. The second kappa shape index (κ2) is 5.78. The Balaban J connectivity index is 2.17. The van der Waals surface area contributed by atoms with Crippen molar-refractivity contribution in [2.45, 2.75) is 26.8 Å². The van der Waals surface area contributed by atoms with Crippen molar-refractivity contribution in [3.05, 3.63) is 64.7 Å². The molecular formula is C17H20N2O. The van der Waals surface area contributed by atoms with Crippen LogP contribution in [0.15, 0.2) is 42.5 Å². The van der Waals surface area contributed by atoms with Crippen LogP contribution in [0.25, 0.3) is 0 Å². The molecule has 0 saturated heterocycles. The highest BCUT2D eigenvalue weighted by Gasteiger charge is 2.14. The normalized spacial score (nSPS) is 11.9. The monoisotopic (exact) mass is 268 g/mol. The number of nitrogens with two attached hydrogens (primary N) is 1. The molecule has 0 saturated carbocycles. The Morgan fingerprint density at radius 1 is 1.15 bits per heavy atom. The summed E-state index contributed by atoms with van der Waals surface area (Å²) in [7, 11) is 0. The van der Waals surface area contributed by atoms with Gasteiger partial charge in [-0.25, -0.2) is 0 Å². The van der Waals surface area contributed by atoms with Gasteiger partial charge in [-0.15, -0.1) is 0 Å². The summed E-state index contributed by atoms with van der Waals surface area (Å²) in [6.45, 7) is 5.97. The van der Waals surface area contributed by atoms with E-state index in [4.69, 9.17) is 5.73 Å². The van der Waals surface area contributed by atoms with Crippen LogP contribution in [0.2, 0.25) is 0 Å². The Labute approximate surface area is 119 Å². The lowest BCUT2D eigenvalue weighted by Gasteiger charge is -2.17. The van der Waals surface area contributed by atoms with Gasteiger partial charge in [0.2, 0.25) is 0 Å². The molecule has 2 aromatic rings. The van der Waals surface area contributed by atoms with Gasteiger partial charge in [0.25, 0.3) is 5.91 Å². The quantitative estimate of drug-likeness (QED) is 0.838. The lowest BCUT2D eigenvalue weighted by Crippen LogP contribution is -2.27. The molecule has 3 N–H and O–H groups in total. The molecule has 1 amide bonds. The molecule has 20 heavy (non-hydrogen) atoms. The number of benzene rings is 2. The zero-order valence-electron chi connectivity index (χ0n) is 12.1. The number of carbonyl (C=O) groups excluding carboxylic acids is 1. The van der Waals surface area contributed by atoms with E-state index in [-0.39, 0.29) is 11.9 Å². The minimum Gasteiger partial charge on any atom is -0.398 e. The summed E-state index contributed by atoms with van der Waals surface area (Å²) in [6.07, 6.45) is 0. The average molecular weight is 268 g/mol. The second-order valence-electron chi connectivity index (χ2n) is 5.14. The number of hydrogen-bond acceptors (Lipinski definition) is 2. The van der Waals surface area contributed by atoms with Crippen molar-refractivity contribution >= 4 is 11.6 Å². The van der Waals surface area contributed by atoms with Gasteiger partial charge >= 0.3 is 0 Å². The van der Waals surface area contributed by atoms with Crippen LogP contribution in [-0.2, 0) is 0 Å². The first kappa shape index (κ1) is 14.1. The molecule has 0 radical (unpaired) electrons. The molecule has 1 atom stereocenters. The first-order chi connectivity index (χ1) is 9.49. The van der Waals surface area contributed by atoms with Gasteiger partial charge in [0.15, 0.2) is 0 Å². The third kappa shape index (κ3) is 2.99. The van der Waals surface area contributed by atoms with Gasteiger partial charge in [0.05, 0.1) is 11.6 Å². The summed E-state index contributed by atoms with van der Waals surface area (Å²) in [6, 6.07) is 13.5. The number of nitrogens with one attached hydrogen (secondary N) is 1. The van der Waals surface area contributed by atoms with E-state index >= 15 is 0 Å². The summed E-state index contributed by atoms with van der Waals surface area (Å²) >= 11 is 0. The molecule has 1 unspecified atom stereocenters. The van der Waals surface area contributed by atoms with Gasteiger partial charge in [-0.3, -0.25) is 4.79 Å². The summed E-state index contributed by atoms with van der Waals surface area (Å²) in [5, 5.41) is 2.99. The van der Waals surface area contributed by atoms with Crippen LogP contribution in [0, 0.1) is 13.8 Å². The minimum atomic E-state index is -0.141. The molecule has 0 fully saturated rings. The number of hydrogen-bond donors (Lipinski definition) is 2. The molecule has 2 rings (SSSR count). The average Bonchev–Trinajstić information content (AvgIpc) is 2.38. The van der Waals surface area contributed by atoms with Crippen LogP contribution in [-0.4, -0.2) is 5.91 Å². The van der Waals surface area contributed by atoms with E-state index in [2.05, 4.69) is 5.32 Å². The van der Waals surface area contributed by atoms with E-state index in [0.29, 0.717) is 11.3 Å². The molecule has 0 aromatic heterocycles. The Hall–Kier alpha value is -2.29. The fourth-order valence-corrected chi connectivity index (χ4v) is 2.31. The molecule has 0 aliphatic heterocycles. The van der Waals surface area contributed by atoms with Crippen LogP contribution in [0.1, 0.15) is 40.0 Å². The lowest BCUT2D eigenvalue weighted by molar-refractivity contribution is 0.0940. The van der Waals surface area contributed by atoms with Crippen molar-refractivity contribution in [1.29, 1.82) is 0 Å². The van der Waals surface area contributed by atoms with Crippen LogP contribution in [0.4, 0.5) is 5.69 Å². The maximum atomic E-state index is 12.3. The van der Waals surface area contributed by atoms with Gasteiger partial charge < -0.3 is 11.1 Å². The van der Waals surface area contributed by atoms with Crippen molar-refractivity contribution in [3.8, 4) is 0 Å². The molecule has 0 bridgehead atoms. The number of carbonyl (C=O) groups is 1. The third-order valence-corrected chi connectivity index (χ3v) is 3.45. The van der Waals surface area contributed by atoms with Gasteiger partial charge in [-0.2, -0.15) is 0 Å². The lowest BCUT2D eigenvalue weighted by atomic mass is 10.0. The number of aryl methyl sites for hydroxylation is 2. The molecule has 2 aromatic carbocycles. The van der Waals surface area contributed by atoms with Crippen molar-refractivity contribution in [2.24, 2.45) is 0 Å². The fourth-order valence-electron chi connectivity index (χ4n) is 2.31. The van der Waals surface area contributed by atoms with Gasteiger partial charge in [-0.1, -0.05) is 30.3 Å². The third-order valence-electron chi connectivity index (χ3n) is 3.45. The van der Waals surface area contributed by atoms with Crippen LogP contribution in [0.5, 0.6) is 0 Å². The maximum Gasteiger partial charge on any atom is 0.253 e. The first-order valence-electron chi connectivity index (χ1n) is 6.71. The van der Waals surface area contributed by atoms with E-state index in [1.54, 1.807) is 6.07 Å². The Morgan fingerprint density at radius 2 is 1.85 bits per heavy atom. The summed E-state index contributed by atoms with van der Waals surface area (Å²) < 4.78 is 0. The predicted molar refractivity (Wildman–Crippen MR) is 82.7 cm³/mol. The predicted octanol–water partition coefficient (Wildman–Crippen LogP) is 3.38. The van der Waals surface area contributed by atoms with Gasteiger partial charge in [-0.05, 0) is 49.6 Å². The van der Waals surface area contributed by atoms with E-state index in [9.17, 15) is 4.79 Å². The number of anilines is 1. The Morgan fingerprint density at radius 3 is 2.50 bits per heavy atom. The molecule has 0 aliphatic carbocycles. The summed E-state index contributed by atoms with van der Waals surface area (Å²) in [4.78, 5) is 12.3. The Kier molecular flexibility index (Phi) is 4.08. The van der Waals surface area contributed by atoms with Crippen LogP contribution in [0.3, 0.4) is 0 Å². The molecule has 0 spiro atoms. The zero-order chi connectivity index (χ0) is 14.7. The molecule has 3 heteroatoms. The zero-order valence-corrected chi connectivity index (χ0v) is 12.1. The summed E-state index contributed by atoms with van der Waals surface area (Å²) in [5.74, 6) is -0.141. The molecule has 0 aliphatic rings. The first-order valence-corrected chi connectivity index (χ1v) is 6.71. The van der Waals surface area contributed by atoms with Crippen molar-refractivity contribution in [2.75, 3.05) is 5.73 Å². The van der Waals surface area contributed by atoms with E-state index in [1.165, 1.54) is 0 Å². The van der Waals surface area contributed by atoms with Crippen LogP contribution < -0.4 is 11.1 Å². The standard InChI is InChI=1S/C17H20N2O/c1-11-8-9-15(16(18)10-11)17(20)19-13(3)14-7-5-4-6-12(14)2/h4-10,13H,18H2,1-3H3,(H,19,20). The number of rotatable bonds is 3. The highest BCUT2D eigenvalue weighted by Crippen LogP contribution is 2.19. The largest absolute Gasteiger partial charge is 0.398 e. The topological polar surface area (TPSA) is 55.1 Å². The van der Waals surface area contributed by atoms with E-state index in [1.807, 2.05) is 57.2 Å². The minimum absolute atomic E-state index is 0.0515. The Bertz CT molecular complexity index is 635. The highest BCUT2D eigenvalue weighted by atomic mass is 16.1. The van der Waals surface area contributed by atoms with Gasteiger partial charge in [0.1, 0.15) is 0 Å².